The van der Waals surface area contributed by atoms with Crippen LogP contribution in [0.1, 0.15) is 31.2 Å². The van der Waals surface area contributed by atoms with Crippen molar-refractivity contribution in [3.05, 3.63) is 29.0 Å². The van der Waals surface area contributed by atoms with Crippen LogP contribution in [0.2, 0.25) is 5.15 Å². The van der Waals surface area contributed by atoms with Crippen LogP contribution in [0, 0.1) is 5.92 Å². The third kappa shape index (κ3) is 3.91. The highest BCUT2D eigenvalue weighted by atomic mass is 35.5. The minimum atomic E-state index is 0.650. The summed E-state index contributed by atoms with van der Waals surface area (Å²) < 4.78 is 0. The number of hydrogen-bond acceptors (Lipinski definition) is 3. The summed E-state index contributed by atoms with van der Waals surface area (Å²) >= 11 is 6.11. The van der Waals surface area contributed by atoms with E-state index in [1.54, 1.807) is 6.20 Å². The van der Waals surface area contributed by atoms with Crippen molar-refractivity contribution >= 4 is 11.6 Å². The third-order valence-electron chi connectivity index (χ3n) is 4.21. The van der Waals surface area contributed by atoms with E-state index in [0.29, 0.717) is 5.15 Å². The first-order chi connectivity index (χ1) is 9.31. The van der Waals surface area contributed by atoms with Crippen molar-refractivity contribution < 1.29 is 0 Å². The SMILES string of the molecule is Clc1ncccc1CN1CCC(NCC2CC2)CC1. The molecule has 19 heavy (non-hydrogen) atoms. The Bertz CT molecular complexity index is 412. The van der Waals surface area contributed by atoms with Crippen molar-refractivity contribution in [1.82, 2.24) is 15.2 Å². The van der Waals surface area contributed by atoms with Crippen molar-refractivity contribution in [3.63, 3.8) is 0 Å². The summed E-state index contributed by atoms with van der Waals surface area (Å²) in [5, 5.41) is 4.36. The van der Waals surface area contributed by atoms with Crippen LogP contribution in [0.3, 0.4) is 0 Å². The molecule has 0 atom stereocenters. The molecule has 0 radical (unpaired) electrons. The average Bonchev–Trinajstić information content (AvgIpc) is 3.25. The Hall–Kier alpha value is -0.640. The zero-order chi connectivity index (χ0) is 13.1. The van der Waals surface area contributed by atoms with Crippen molar-refractivity contribution in [3.8, 4) is 0 Å². The molecule has 2 heterocycles. The normalized spacial score (nSPS) is 21.7. The summed E-state index contributed by atoms with van der Waals surface area (Å²) in [5.74, 6) is 0.979. The molecular formula is C15H22ClN3. The molecule has 104 valence electrons. The van der Waals surface area contributed by atoms with E-state index in [1.165, 1.54) is 32.2 Å². The van der Waals surface area contributed by atoms with Crippen LogP contribution >= 0.6 is 11.6 Å². The molecule has 0 unspecified atom stereocenters. The van der Waals surface area contributed by atoms with Gasteiger partial charge in [0.2, 0.25) is 0 Å². The van der Waals surface area contributed by atoms with E-state index >= 15 is 0 Å². The van der Waals surface area contributed by atoms with Crippen molar-refractivity contribution in [2.45, 2.75) is 38.3 Å². The standard InChI is InChI=1S/C15H22ClN3/c16-15-13(2-1-7-17-15)11-19-8-5-14(6-9-19)18-10-12-3-4-12/h1-2,7,12,14,18H,3-6,8-11H2. The number of piperidine rings is 1. The van der Waals surface area contributed by atoms with E-state index in [0.717, 1.165) is 37.2 Å². The molecule has 1 aliphatic carbocycles. The fourth-order valence-corrected chi connectivity index (χ4v) is 2.91. The minimum Gasteiger partial charge on any atom is -0.314 e. The number of pyridine rings is 1. The van der Waals surface area contributed by atoms with Gasteiger partial charge in [-0.2, -0.15) is 0 Å². The van der Waals surface area contributed by atoms with Crippen LogP contribution in [-0.4, -0.2) is 35.6 Å². The average molecular weight is 280 g/mol. The van der Waals surface area contributed by atoms with E-state index in [1.807, 2.05) is 6.07 Å². The topological polar surface area (TPSA) is 28.2 Å². The summed E-state index contributed by atoms with van der Waals surface area (Å²) in [6.45, 7) is 4.49. The highest BCUT2D eigenvalue weighted by Crippen LogP contribution is 2.28. The van der Waals surface area contributed by atoms with E-state index in [-0.39, 0.29) is 0 Å². The number of rotatable bonds is 5. The van der Waals surface area contributed by atoms with Gasteiger partial charge in [-0.25, -0.2) is 4.98 Å². The first-order valence-corrected chi connectivity index (χ1v) is 7.74. The number of nitrogens with zero attached hydrogens (tertiary/aromatic N) is 2. The molecule has 0 bridgehead atoms. The van der Waals surface area contributed by atoms with Gasteiger partial charge in [0.05, 0.1) is 0 Å². The van der Waals surface area contributed by atoms with Gasteiger partial charge in [-0.1, -0.05) is 17.7 Å². The first kappa shape index (κ1) is 13.3. The van der Waals surface area contributed by atoms with Gasteiger partial charge >= 0.3 is 0 Å². The summed E-state index contributed by atoms with van der Waals surface area (Å²) in [5.41, 5.74) is 1.15. The Balaban J connectivity index is 1.43. The summed E-state index contributed by atoms with van der Waals surface area (Å²) in [6.07, 6.45) is 7.13. The lowest BCUT2D eigenvalue weighted by molar-refractivity contribution is 0.190. The van der Waals surface area contributed by atoms with Crippen molar-refractivity contribution in [2.24, 2.45) is 5.92 Å². The zero-order valence-electron chi connectivity index (χ0n) is 11.3. The second-order valence-corrected chi connectivity index (χ2v) is 6.21. The van der Waals surface area contributed by atoms with Gasteiger partial charge in [0.15, 0.2) is 0 Å². The van der Waals surface area contributed by atoms with Crippen LogP contribution in [0.4, 0.5) is 0 Å². The highest BCUT2D eigenvalue weighted by Gasteiger charge is 2.24. The molecule has 4 heteroatoms. The van der Waals surface area contributed by atoms with E-state index < -0.39 is 0 Å². The zero-order valence-corrected chi connectivity index (χ0v) is 12.1. The third-order valence-corrected chi connectivity index (χ3v) is 4.55. The Labute approximate surface area is 120 Å². The number of nitrogens with one attached hydrogen (secondary N) is 1. The maximum atomic E-state index is 6.11. The Morgan fingerprint density at radius 2 is 2.05 bits per heavy atom. The molecule has 3 rings (SSSR count). The lowest BCUT2D eigenvalue weighted by Gasteiger charge is -2.32. The van der Waals surface area contributed by atoms with E-state index in [4.69, 9.17) is 11.6 Å². The Morgan fingerprint density at radius 3 is 2.74 bits per heavy atom. The number of hydrogen-bond donors (Lipinski definition) is 1. The van der Waals surface area contributed by atoms with Crippen LogP contribution < -0.4 is 5.32 Å². The predicted octanol–water partition coefficient (Wildman–Crippen LogP) is 2.70. The molecule has 1 saturated carbocycles. The summed E-state index contributed by atoms with van der Waals surface area (Å²) in [4.78, 5) is 6.63. The predicted molar refractivity (Wildman–Crippen MR) is 78.3 cm³/mol. The smallest absolute Gasteiger partial charge is 0.133 e. The molecule has 2 fully saturated rings. The van der Waals surface area contributed by atoms with Gasteiger partial charge in [-0.15, -0.1) is 0 Å². The van der Waals surface area contributed by atoms with E-state index in [9.17, 15) is 0 Å². The molecule has 0 spiro atoms. The van der Waals surface area contributed by atoms with Crippen LogP contribution in [0.5, 0.6) is 0 Å². The van der Waals surface area contributed by atoms with E-state index in [2.05, 4.69) is 21.3 Å². The molecule has 3 nitrogen and oxygen atoms in total. The maximum absolute atomic E-state index is 6.11. The molecule has 1 saturated heterocycles. The highest BCUT2D eigenvalue weighted by molar-refractivity contribution is 6.30. The van der Waals surface area contributed by atoms with Gasteiger partial charge in [0.25, 0.3) is 0 Å². The first-order valence-electron chi connectivity index (χ1n) is 7.36. The molecule has 2 aliphatic rings. The lowest BCUT2D eigenvalue weighted by atomic mass is 10.0. The monoisotopic (exact) mass is 279 g/mol. The second-order valence-electron chi connectivity index (χ2n) is 5.86. The molecular weight excluding hydrogens is 258 g/mol. The summed E-state index contributed by atoms with van der Waals surface area (Å²) in [6, 6.07) is 4.76. The van der Waals surface area contributed by atoms with Gasteiger partial charge < -0.3 is 5.32 Å². The molecule has 0 amide bonds. The van der Waals surface area contributed by atoms with Crippen LogP contribution in [0.15, 0.2) is 18.3 Å². The maximum Gasteiger partial charge on any atom is 0.133 e. The van der Waals surface area contributed by atoms with Crippen molar-refractivity contribution in [1.29, 1.82) is 0 Å². The minimum absolute atomic E-state index is 0.650. The number of likely N-dealkylation sites (tertiary alicyclic amines) is 1. The van der Waals surface area contributed by atoms with Gasteiger partial charge in [0, 0.05) is 24.3 Å². The largest absolute Gasteiger partial charge is 0.314 e. The summed E-state index contributed by atoms with van der Waals surface area (Å²) in [7, 11) is 0. The van der Waals surface area contributed by atoms with Gasteiger partial charge in [-0.3, -0.25) is 4.90 Å². The fraction of sp³-hybridized carbons (Fsp3) is 0.667. The van der Waals surface area contributed by atoms with Gasteiger partial charge in [-0.05, 0) is 57.3 Å². The van der Waals surface area contributed by atoms with Gasteiger partial charge in [0.1, 0.15) is 5.15 Å². The van der Waals surface area contributed by atoms with Crippen molar-refractivity contribution in [2.75, 3.05) is 19.6 Å². The number of halogens is 1. The molecule has 1 aliphatic heterocycles. The fourth-order valence-electron chi connectivity index (χ4n) is 2.73. The molecule has 1 N–H and O–H groups in total. The Kier molecular flexibility index (Phi) is 4.36. The molecule has 1 aromatic heterocycles. The van der Waals surface area contributed by atoms with Crippen LogP contribution in [0.25, 0.3) is 0 Å². The molecule has 1 aromatic rings. The lowest BCUT2D eigenvalue weighted by Crippen LogP contribution is -2.42. The Morgan fingerprint density at radius 1 is 1.26 bits per heavy atom. The quantitative estimate of drug-likeness (QED) is 0.840. The second kappa shape index (κ2) is 6.21. The van der Waals surface area contributed by atoms with Crippen LogP contribution in [-0.2, 0) is 6.54 Å². The molecule has 0 aromatic carbocycles. The number of aromatic nitrogens is 1.